The van der Waals surface area contributed by atoms with Gasteiger partial charge in [-0.1, -0.05) is 11.8 Å². The average molecular weight is 261 g/mol. The van der Waals surface area contributed by atoms with Crippen LogP contribution >= 0.6 is 0 Å². The molecule has 0 atom stereocenters. The summed E-state index contributed by atoms with van der Waals surface area (Å²) < 4.78 is 52.6. The highest BCUT2D eigenvalue weighted by Crippen LogP contribution is 2.24. The largest absolute Gasteiger partial charge is 0.573 e. The normalized spacial score (nSPS) is 10.7. The van der Waals surface area contributed by atoms with Crippen LogP contribution in [0.3, 0.4) is 0 Å². The van der Waals surface area contributed by atoms with Crippen molar-refractivity contribution in [3.05, 3.63) is 29.6 Å². The molecule has 1 aromatic rings. The quantitative estimate of drug-likeness (QED) is 0.513. The second kappa shape index (κ2) is 6.26. The maximum Gasteiger partial charge on any atom is 0.573 e. The van der Waals surface area contributed by atoms with Gasteiger partial charge in [0, 0.05) is 19.0 Å². The lowest BCUT2D eigenvalue weighted by molar-refractivity contribution is -0.274. The van der Waals surface area contributed by atoms with Crippen LogP contribution in [0.25, 0.3) is 0 Å². The fourth-order valence-corrected chi connectivity index (χ4v) is 1.14. The molecule has 0 saturated carbocycles. The van der Waals surface area contributed by atoms with Crippen molar-refractivity contribution in [3.8, 4) is 17.6 Å². The van der Waals surface area contributed by atoms with Gasteiger partial charge in [-0.25, -0.2) is 4.39 Å². The zero-order valence-electron chi connectivity index (χ0n) is 9.57. The minimum absolute atomic E-state index is 0.0422. The Morgan fingerprint density at radius 3 is 2.61 bits per heavy atom. The predicted molar refractivity (Wildman–Crippen MR) is 58.5 cm³/mol. The van der Waals surface area contributed by atoms with Crippen molar-refractivity contribution < 1.29 is 22.3 Å². The molecule has 1 N–H and O–H groups in total. The van der Waals surface area contributed by atoms with E-state index >= 15 is 0 Å². The van der Waals surface area contributed by atoms with Gasteiger partial charge in [0.2, 0.25) is 0 Å². The van der Waals surface area contributed by atoms with Crippen molar-refractivity contribution in [1.82, 2.24) is 5.32 Å². The highest BCUT2D eigenvalue weighted by atomic mass is 19.4. The zero-order valence-corrected chi connectivity index (χ0v) is 9.57. The molecule has 0 heterocycles. The van der Waals surface area contributed by atoms with Gasteiger partial charge in [-0.15, -0.1) is 13.2 Å². The fourth-order valence-electron chi connectivity index (χ4n) is 1.14. The SMILES string of the molecule is CNCCC#Cc1ccc(OC(F)(F)F)cc1F. The van der Waals surface area contributed by atoms with Crippen LogP contribution in [0.15, 0.2) is 18.2 Å². The minimum atomic E-state index is -4.83. The third kappa shape index (κ3) is 5.06. The van der Waals surface area contributed by atoms with E-state index in [0.717, 1.165) is 12.1 Å². The Kier molecular flexibility index (Phi) is 4.98. The molecule has 2 nitrogen and oxygen atoms in total. The molecule has 1 aromatic carbocycles. The maximum atomic E-state index is 13.4. The van der Waals surface area contributed by atoms with Crippen molar-refractivity contribution in [2.24, 2.45) is 0 Å². The number of alkyl halides is 3. The van der Waals surface area contributed by atoms with E-state index < -0.39 is 17.9 Å². The number of hydrogen-bond donors (Lipinski definition) is 1. The molecule has 0 saturated heterocycles. The van der Waals surface area contributed by atoms with E-state index in [2.05, 4.69) is 21.9 Å². The first kappa shape index (κ1) is 14.3. The van der Waals surface area contributed by atoms with Gasteiger partial charge in [0.25, 0.3) is 0 Å². The molecule has 0 aromatic heterocycles. The molecule has 0 fully saturated rings. The van der Waals surface area contributed by atoms with Gasteiger partial charge >= 0.3 is 6.36 Å². The Hall–Kier alpha value is -1.74. The Morgan fingerprint density at radius 2 is 2.06 bits per heavy atom. The molecular weight excluding hydrogens is 250 g/mol. The number of halogens is 4. The lowest BCUT2D eigenvalue weighted by Gasteiger charge is -2.08. The molecule has 0 unspecified atom stereocenters. The van der Waals surface area contributed by atoms with Crippen LogP contribution in [-0.2, 0) is 0 Å². The fraction of sp³-hybridized carbons (Fsp3) is 0.333. The Labute approximate surface area is 102 Å². The summed E-state index contributed by atoms with van der Waals surface area (Å²) in [4.78, 5) is 0. The first-order chi connectivity index (χ1) is 8.42. The molecule has 6 heteroatoms. The van der Waals surface area contributed by atoms with Gasteiger partial charge in [0.1, 0.15) is 11.6 Å². The van der Waals surface area contributed by atoms with Gasteiger partial charge in [-0.3, -0.25) is 0 Å². The van der Waals surface area contributed by atoms with E-state index in [4.69, 9.17) is 0 Å². The number of ether oxygens (including phenoxy) is 1. The predicted octanol–water partition coefficient (Wildman–Crippen LogP) is 2.69. The van der Waals surface area contributed by atoms with Crippen molar-refractivity contribution in [1.29, 1.82) is 0 Å². The third-order valence-electron chi connectivity index (χ3n) is 1.90. The van der Waals surface area contributed by atoms with Crippen molar-refractivity contribution in [2.75, 3.05) is 13.6 Å². The number of rotatable bonds is 3. The van der Waals surface area contributed by atoms with Crippen LogP contribution in [0.1, 0.15) is 12.0 Å². The molecule has 0 bridgehead atoms. The minimum Gasteiger partial charge on any atom is -0.406 e. The van der Waals surface area contributed by atoms with Crippen LogP contribution in [0, 0.1) is 17.7 Å². The van der Waals surface area contributed by atoms with Crippen LogP contribution in [0.4, 0.5) is 17.6 Å². The summed E-state index contributed by atoms with van der Waals surface area (Å²) in [6, 6.07) is 2.84. The highest BCUT2D eigenvalue weighted by molar-refractivity contribution is 5.39. The van der Waals surface area contributed by atoms with E-state index in [-0.39, 0.29) is 5.56 Å². The number of nitrogens with one attached hydrogen (secondary N) is 1. The summed E-state index contributed by atoms with van der Waals surface area (Å²) in [5, 5.41) is 2.86. The van der Waals surface area contributed by atoms with E-state index in [1.165, 1.54) is 0 Å². The standard InChI is InChI=1S/C12H11F4NO/c1-17-7-3-2-4-9-5-6-10(8-11(9)13)18-12(14,15)16/h5-6,8,17H,3,7H2,1H3. The molecule has 18 heavy (non-hydrogen) atoms. The summed E-state index contributed by atoms with van der Waals surface area (Å²) in [7, 11) is 1.76. The molecule has 0 amide bonds. The summed E-state index contributed by atoms with van der Waals surface area (Å²) in [5.41, 5.74) is 0.0422. The summed E-state index contributed by atoms with van der Waals surface area (Å²) in [6.07, 6.45) is -4.30. The highest BCUT2D eigenvalue weighted by Gasteiger charge is 2.31. The van der Waals surface area contributed by atoms with Gasteiger partial charge in [0.05, 0.1) is 5.56 Å². The lowest BCUT2D eigenvalue weighted by atomic mass is 10.2. The molecule has 98 valence electrons. The van der Waals surface area contributed by atoms with Gasteiger partial charge < -0.3 is 10.1 Å². The molecule has 0 aliphatic carbocycles. The number of hydrogen-bond acceptors (Lipinski definition) is 2. The molecule has 1 rings (SSSR count). The monoisotopic (exact) mass is 261 g/mol. The third-order valence-corrected chi connectivity index (χ3v) is 1.90. The summed E-state index contributed by atoms with van der Waals surface area (Å²) in [6.45, 7) is 0.657. The van der Waals surface area contributed by atoms with E-state index in [1.807, 2.05) is 0 Å². The second-order valence-corrected chi connectivity index (χ2v) is 3.34. The van der Waals surface area contributed by atoms with Crippen molar-refractivity contribution in [2.45, 2.75) is 12.8 Å². The Balaban J connectivity index is 2.76. The van der Waals surface area contributed by atoms with Crippen molar-refractivity contribution in [3.63, 3.8) is 0 Å². The molecule has 0 aliphatic rings. The van der Waals surface area contributed by atoms with Gasteiger partial charge in [0.15, 0.2) is 0 Å². The van der Waals surface area contributed by atoms with Gasteiger partial charge in [-0.2, -0.15) is 0 Å². The molecule has 0 aliphatic heterocycles. The molecule has 0 radical (unpaired) electrons. The summed E-state index contributed by atoms with van der Waals surface area (Å²) >= 11 is 0. The number of benzene rings is 1. The topological polar surface area (TPSA) is 21.3 Å². The second-order valence-electron chi connectivity index (χ2n) is 3.34. The first-order valence-electron chi connectivity index (χ1n) is 5.11. The molecular formula is C12H11F4NO. The van der Waals surface area contributed by atoms with Crippen LogP contribution in [0.2, 0.25) is 0 Å². The van der Waals surface area contributed by atoms with Crippen LogP contribution in [-0.4, -0.2) is 20.0 Å². The Bertz CT molecular complexity index is 459. The first-order valence-corrected chi connectivity index (χ1v) is 5.11. The van der Waals surface area contributed by atoms with Crippen molar-refractivity contribution >= 4 is 0 Å². The van der Waals surface area contributed by atoms with E-state index in [0.29, 0.717) is 19.0 Å². The van der Waals surface area contributed by atoms with Gasteiger partial charge in [-0.05, 0) is 19.2 Å². The van der Waals surface area contributed by atoms with Crippen LogP contribution in [0.5, 0.6) is 5.75 Å². The molecule has 0 spiro atoms. The van der Waals surface area contributed by atoms with E-state index in [9.17, 15) is 17.6 Å². The average Bonchev–Trinajstić information content (AvgIpc) is 2.24. The lowest BCUT2D eigenvalue weighted by Crippen LogP contribution is -2.17. The maximum absolute atomic E-state index is 13.4. The smallest absolute Gasteiger partial charge is 0.406 e. The Morgan fingerprint density at radius 1 is 1.33 bits per heavy atom. The van der Waals surface area contributed by atoms with E-state index in [1.54, 1.807) is 7.05 Å². The van der Waals surface area contributed by atoms with Crippen LogP contribution < -0.4 is 10.1 Å². The summed E-state index contributed by atoms with van der Waals surface area (Å²) in [5.74, 6) is 3.80. The zero-order chi connectivity index (χ0) is 13.6.